The van der Waals surface area contributed by atoms with Gasteiger partial charge in [-0.1, -0.05) is 59.6 Å². The van der Waals surface area contributed by atoms with Crippen molar-refractivity contribution in [1.82, 2.24) is 0 Å². The molecule has 0 nitrogen and oxygen atoms in total. The smallest absolute Gasteiger partial charge is 0.0234 e. The van der Waals surface area contributed by atoms with E-state index in [0.717, 1.165) is 17.8 Å². The first-order valence-electron chi connectivity index (χ1n) is 6.17. The Morgan fingerprint density at radius 2 is 1.57 bits per heavy atom. The molecule has 0 saturated carbocycles. The lowest BCUT2D eigenvalue weighted by Crippen LogP contribution is -2.21. The number of hydrogen-bond acceptors (Lipinski definition) is 0. The normalized spacial score (nSPS) is 20.7. The monoisotopic (exact) mass is 196 g/mol. The fourth-order valence-electron chi connectivity index (χ4n) is 2.19. The van der Waals surface area contributed by atoms with E-state index in [1.807, 2.05) is 0 Å². The summed E-state index contributed by atoms with van der Waals surface area (Å²) >= 11 is 0. The van der Waals surface area contributed by atoms with E-state index in [-0.39, 0.29) is 0 Å². The van der Waals surface area contributed by atoms with Gasteiger partial charge in [-0.3, -0.25) is 0 Å². The van der Waals surface area contributed by atoms with Gasteiger partial charge in [0.2, 0.25) is 0 Å². The maximum atomic E-state index is 2.41. The lowest BCUT2D eigenvalue weighted by molar-refractivity contribution is 0.227. The van der Waals surface area contributed by atoms with Crippen LogP contribution in [0.5, 0.6) is 0 Å². The SMILES string of the molecule is CC=CC(C)C(C)C(C)C(C)CCC. The van der Waals surface area contributed by atoms with Crippen molar-refractivity contribution in [3.8, 4) is 0 Å². The van der Waals surface area contributed by atoms with E-state index in [1.54, 1.807) is 0 Å². The van der Waals surface area contributed by atoms with Crippen LogP contribution in [-0.4, -0.2) is 0 Å². The Morgan fingerprint density at radius 3 is 2.00 bits per heavy atom. The molecule has 0 aromatic carbocycles. The number of hydrogen-bond donors (Lipinski definition) is 0. The predicted molar refractivity (Wildman–Crippen MR) is 66.4 cm³/mol. The summed E-state index contributed by atoms with van der Waals surface area (Å²) in [6.45, 7) is 13.9. The van der Waals surface area contributed by atoms with Gasteiger partial charge in [-0.2, -0.15) is 0 Å². The largest absolute Gasteiger partial charge is 0.0914 e. The fourth-order valence-corrected chi connectivity index (χ4v) is 2.19. The van der Waals surface area contributed by atoms with Gasteiger partial charge in [0, 0.05) is 0 Å². The van der Waals surface area contributed by atoms with Gasteiger partial charge in [0.25, 0.3) is 0 Å². The van der Waals surface area contributed by atoms with Crippen LogP contribution < -0.4 is 0 Å². The van der Waals surface area contributed by atoms with E-state index < -0.39 is 0 Å². The Hall–Kier alpha value is -0.260. The molecule has 0 aromatic rings. The molecule has 0 aliphatic carbocycles. The highest BCUT2D eigenvalue weighted by Crippen LogP contribution is 2.29. The molecule has 0 N–H and O–H groups in total. The minimum atomic E-state index is 0.717. The molecular weight excluding hydrogens is 168 g/mol. The predicted octanol–water partition coefficient (Wildman–Crippen LogP) is 4.91. The molecule has 84 valence electrons. The first kappa shape index (κ1) is 13.7. The van der Waals surface area contributed by atoms with Crippen LogP contribution >= 0.6 is 0 Å². The molecule has 0 saturated heterocycles. The summed E-state index contributed by atoms with van der Waals surface area (Å²) in [7, 11) is 0. The van der Waals surface area contributed by atoms with E-state index in [2.05, 4.69) is 53.7 Å². The second-order valence-corrected chi connectivity index (χ2v) is 4.87. The minimum absolute atomic E-state index is 0.717. The van der Waals surface area contributed by atoms with Gasteiger partial charge in [-0.15, -0.1) is 0 Å². The van der Waals surface area contributed by atoms with Gasteiger partial charge in [0.1, 0.15) is 0 Å². The maximum absolute atomic E-state index is 2.41. The number of allylic oxidation sites excluding steroid dienone is 2. The Morgan fingerprint density at radius 1 is 1.00 bits per heavy atom. The molecule has 0 rings (SSSR count). The van der Waals surface area contributed by atoms with Crippen LogP contribution in [0.2, 0.25) is 0 Å². The molecule has 14 heavy (non-hydrogen) atoms. The van der Waals surface area contributed by atoms with E-state index in [9.17, 15) is 0 Å². The molecule has 4 atom stereocenters. The third kappa shape index (κ3) is 4.30. The lowest BCUT2D eigenvalue weighted by atomic mass is 9.77. The molecule has 0 aliphatic heterocycles. The van der Waals surface area contributed by atoms with Crippen molar-refractivity contribution in [3.63, 3.8) is 0 Å². The van der Waals surface area contributed by atoms with Gasteiger partial charge < -0.3 is 0 Å². The van der Waals surface area contributed by atoms with Gasteiger partial charge in [-0.05, 0) is 30.6 Å². The Balaban J connectivity index is 4.15. The first-order chi connectivity index (χ1) is 6.54. The third-order valence-corrected chi connectivity index (χ3v) is 3.80. The second kappa shape index (κ2) is 7.09. The van der Waals surface area contributed by atoms with Crippen molar-refractivity contribution < 1.29 is 0 Å². The summed E-state index contributed by atoms with van der Waals surface area (Å²) in [5, 5.41) is 0. The van der Waals surface area contributed by atoms with Crippen LogP contribution in [0.3, 0.4) is 0 Å². The van der Waals surface area contributed by atoms with Crippen LogP contribution in [0, 0.1) is 23.7 Å². The molecule has 0 amide bonds. The highest BCUT2D eigenvalue weighted by Gasteiger charge is 2.21. The Labute approximate surface area is 90.8 Å². The molecule has 0 fully saturated rings. The van der Waals surface area contributed by atoms with Crippen molar-refractivity contribution in [2.45, 2.75) is 54.4 Å². The molecule has 0 radical (unpaired) electrons. The van der Waals surface area contributed by atoms with Crippen molar-refractivity contribution in [2.24, 2.45) is 23.7 Å². The van der Waals surface area contributed by atoms with Crippen LogP contribution in [0.1, 0.15) is 54.4 Å². The number of rotatable bonds is 6. The molecule has 0 heteroatoms. The van der Waals surface area contributed by atoms with Crippen LogP contribution in [0.15, 0.2) is 12.2 Å². The molecule has 0 heterocycles. The van der Waals surface area contributed by atoms with Crippen molar-refractivity contribution in [1.29, 1.82) is 0 Å². The van der Waals surface area contributed by atoms with E-state index in [4.69, 9.17) is 0 Å². The van der Waals surface area contributed by atoms with E-state index >= 15 is 0 Å². The summed E-state index contributed by atoms with van der Waals surface area (Å²) in [5.74, 6) is 3.21. The summed E-state index contributed by atoms with van der Waals surface area (Å²) in [5.41, 5.74) is 0. The highest BCUT2D eigenvalue weighted by atomic mass is 14.3. The summed E-state index contributed by atoms with van der Waals surface area (Å²) in [6.07, 6.45) is 7.20. The first-order valence-corrected chi connectivity index (χ1v) is 6.17. The summed E-state index contributed by atoms with van der Waals surface area (Å²) in [6, 6.07) is 0. The van der Waals surface area contributed by atoms with E-state index in [0.29, 0.717) is 5.92 Å². The molecule has 0 spiro atoms. The summed E-state index contributed by atoms with van der Waals surface area (Å²) in [4.78, 5) is 0. The van der Waals surface area contributed by atoms with Crippen LogP contribution in [-0.2, 0) is 0 Å². The van der Waals surface area contributed by atoms with Crippen molar-refractivity contribution in [3.05, 3.63) is 12.2 Å². The summed E-state index contributed by atoms with van der Waals surface area (Å²) < 4.78 is 0. The second-order valence-electron chi connectivity index (χ2n) is 4.87. The zero-order valence-corrected chi connectivity index (χ0v) is 10.9. The topological polar surface area (TPSA) is 0 Å². The Kier molecular flexibility index (Phi) is 6.96. The van der Waals surface area contributed by atoms with Gasteiger partial charge in [0.05, 0.1) is 0 Å². The standard InChI is InChI=1S/C14H28/c1-7-9-11(3)13(5)14(6)12(4)10-8-2/h7,9,11-14H,8,10H2,1-6H3. The zero-order chi connectivity index (χ0) is 11.1. The van der Waals surface area contributed by atoms with Crippen LogP contribution in [0.4, 0.5) is 0 Å². The minimum Gasteiger partial charge on any atom is -0.0914 e. The average Bonchev–Trinajstić information content (AvgIpc) is 2.16. The highest BCUT2D eigenvalue weighted by molar-refractivity contribution is 4.87. The Bertz CT molecular complexity index is 157. The van der Waals surface area contributed by atoms with Gasteiger partial charge in [0.15, 0.2) is 0 Å². The van der Waals surface area contributed by atoms with Gasteiger partial charge >= 0.3 is 0 Å². The fraction of sp³-hybridized carbons (Fsp3) is 0.857. The average molecular weight is 196 g/mol. The zero-order valence-electron chi connectivity index (χ0n) is 10.9. The van der Waals surface area contributed by atoms with E-state index in [1.165, 1.54) is 12.8 Å². The lowest BCUT2D eigenvalue weighted by Gasteiger charge is -2.29. The quantitative estimate of drug-likeness (QED) is 0.530. The third-order valence-electron chi connectivity index (χ3n) is 3.80. The van der Waals surface area contributed by atoms with Crippen molar-refractivity contribution >= 4 is 0 Å². The van der Waals surface area contributed by atoms with Crippen LogP contribution in [0.25, 0.3) is 0 Å². The molecule has 0 aromatic heterocycles. The molecule has 0 aliphatic rings. The molecule has 0 bridgehead atoms. The molecular formula is C14H28. The van der Waals surface area contributed by atoms with Gasteiger partial charge in [-0.25, -0.2) is 0 Å². The maximum Gasteiger partial charge on any atom is -0.0234 e. The van der Waals surface area contributed by atoms with Crippen molar-refractivity contribution in [2.75, 3.05) is 0 Å². The molecule has 4 unspecified atom stereocenters.